The monoisotopic (exact) mass is 369 g/mol. The predicted molar refractivity (Wildman–Crippen MR) is 91.5 cm³/mol. The molecule has 0 amide bonds. The fourth-order valence-corrected chi connectivity index (χ4v) is 4.72. The highest BCUT2D eigenvalue weighted by atomic mass is 35.5. The maximum atomic E-state index is 12.9. The number of rotatable bonds is 4. The number of morpholine rings is 1. The van der Waals surface area contributed by atoms with E-state index in [9.17, 15) is 8.42 Å². The summed E-state index contributed by atoms with van der Waals surface area (Å²) in [4.78, 5) is 0.139. The molecule has 1 unspecified atom stereocenters. The minimum atomic E-state index is -3.65. The first-order valence-electron chi connectivity index (χ1n) is 7.82. The van der Waals surface area contributed by atoms with Gasteiger partial charge in [0.2, 0.25) is 10.0 Å². The van der Waals surface area contributed by atoms with E-state index in [1.54, 1.807) is 29.1 Å². The van der Waals surface area contributed by atoms with Crippen molar-refractivity contribution < 1.29 is 13.2 Å². The molecule has 2 aromatic rings. The summed E-state index contributed by atoms with van der Waals surface area (Å²) in [7, 11) is -3.65. The molecule has 0 radical (unpaired) electrons. The van der Waals surface area contributed by atoms with Gasteiger partial charge in [0.05, 0.1) is 23.9 Å². The minimum Gasteiger partial charge on any atom is -0.371 e. The third-order valence-electron chi connectivity index (χ3n) is 4.08. The predicted octanol–water partition coefficient (Wildman–Crippen LogP) is 2.63. The van der Waals surface area contributed by atoms with Crippen molar-refractivity contribution in [3.05, 3.63) is 46.7 Å². The quantitative estimate of drug-likeness (QED) is 0.831. The van der Waals surface area contributed by atoms with E-state index in [0.29, 0.717) is 13.2 Å². The largest absolute Gasteiger partial charge is 0.371 e. The highest BCUT2D eigenvalue weighted by molar-refractivity contribution is 7.89. The summed E-state index contributed by atoms with van der Waals surface area (Å²) in [5.41, 5.74) is 1.80. The van der Waals surface area contributed by atoms with Gasteiger partial charge in [0.1, 0.15) is 4.90 Å². The highest BCUT2D eigenvalue weighted by Crippen LogP contribution is 2.30. The number of benzene rings is 1. The van der Waals surface area contributed by atoms with Crippen molar-refractivity contribution >= 4 is 21.6 Å². The second-order valence-corrected chi connectivity index (χ2v) is 8.10. The Bertz CT molecular complexity index is 835. The molecule has 1 aromatic heterocycles. The van der Waals surface area contributed by atoms with Crippen molar-refractivity contribution in [2.75, 3.05) is 19.7 Å². The number of aromatic nitrogens is 2. The molecule has 130 valence electrons. The number of nitrogens with zero attached hydrogens (tertiary/aromatic N) is 3. The van der Waals surface area contributed by atoms with Gasteiger partial charge in [-0.05, 0) is 31.5 Å². The molecule has 1 aliphatic rings. The normalized spacial score (nSPS) is 19.5. The first-order valence-corrected chi connectivity index (χ1v) is 9.64. The molecule has 0 spiro atoms. The highest BCUT2D eigenvalue weighted by Gasteiger charge is 2.33. The number of halogens is 1. The van der Waals surface area contributed by atoms with Gasteiger partial charge in [0.25, 0.3) is 0 Å². The molecule has 8 heteroatoms. The third-order valence-corrected chi connectivity index (χ3v) is 6.43. The van der Waals surface area contributed by atoms with Gasteiger partial charge in [0, 0.05) is 31.4 Å². The summed E-state index contributed by atoms with van der Waals surface area (Å²) in [6.45, 7) is 5.53. The molecule has 0 saturated carbocycles. The molecule has 1 atom stereocenters. The van der Waals surface area contributed by atoms with E-state index < -0.39 is 10.0 Å². The smallest absolute Gasteiger partial charge is 0.244 e. The lowest BCUT2D eigenvalue weighted by atomic mass is 10.2. The van der Waals surface area contributed by atoms with Crippen molar-refractivity contribution in [3.63, 3.8) is 0 Å². The van der Waals surface area contributed by atoms with Crippen molar-refractivity contribution in [1.82, 2.24) is 14.1 Å². The second-order valence-electron chi connectivity index (χ2n) is 5.79. The SMILES string of the molecule is CCn1cc(C2CN(S(=O)(=O)c3ccc(C)cc3Cl)CCO2)cn1. The van der Waals surface area contributed by atoms with Gasteiger partial charge < -0.3 is 4.74 Å². The molecule has 6 nitrogen and oxygen atoms in total. The zero-order valence-electron chi connectivity index (χ0n) is 13.6. The second kappa shape index (κ2) is 6.84. The molecule has 2 heterocycles. The minimum absolute atomic E-state index is 0.139. The Hall–Kier alpha value is -1.41. The van der Waals surface area contributed by atoms with Crippen LogP contribution in [0.3, 0.4) is 0 Å². The first-order chi connectivity index (χ1) is 11.4. The van der Waals surface area contributed by atoms with Gasteiger partial charge in [0.15, 0.2) is 0 Å². The molecule has 1 aliphatic heterocycles. The van der Waals surface area contributed by atoms with Crippen LogP contribution in [0.4, 0.5) is 0 Å². The summed E-state index contributed by atoms with van der Waals surface area (Å²) in [5.74, 6) is 0. The Balaban J connectivity index is 1.85. The molecule has 1 aromatic carbocycles. The van der Waals surface area contributed by atoms with Crippen LogP contribution >= 0.6 is 11.6 Å². The number of hydrogen-bond acceptors (Lipinski definition) is 4. The van der Waals surface area contributed by atoms with Gasteiger partial charge in [-0.25, -0.2) is 8.42 Å². The molecule has 0 bridgehead atoms. The topological polar surface area (TPSA) is 64.4 Å². The summed E-state index contributed by atoms with van der Waals surface area (Å²) < 4.78 is 34.8. The lowest BCUT2D eigenvalue weighted by Gasteiger charge is -2.32. The molecule has 3 rings (SSSR count). The van der Waals surface area contributed by atoms with Crippen molar-refractivity contribution in [2.24, 2.45) is 0 Å². The number of hydrogen-bond donors (Lipinski definition) is 0. The lowest BCUT2D eigenvalue weighted by Crippen LogP contribution is -2.42. The third kappa shape index (κ3) is 3.35. The molecule has 24 heavy (non-hydrogen) atoms. The zero-order chi connectivity index (χ0) is 17.3. The Morgan fingerprint density at radius 3 is 2.88 bits per heavy atom. The lowest BCUT2D eigenvalue weighted by molar-refractivity contribution is -0.00260. The number of ether oxygens (including phenoxy) is 1. The van der Waals surface area contributed by atoms with Gasteiger partial charge >= 0.3 is 0 Å². The van der Waals surface area contributed by atoms with Gasteiger partial charge in [-0.3, -0.25) is 4.68 Å². The van der Waals surface area contributed by atoms with Crippen LogP contribution in [0.25, 0.3) is 0 Å². The van der Waals surface area contributed by atoms with Crippen molar-refractivity contribution in [1.29, 1.82) is 0 Å². The molecular weight excluding hydrogens is 350 g/mol. The molecular formula is C16H20ClN3O3S. The number of sulfonamides is 1. The van der Waals surface area contributed by atoms with Crippen LogP contribution in [0.15, 0.2) is 35.5 Å². The van der Waals surface area contributed by atoms with Crippen LogP contribution in [0, 0.1) is 6.92 Å². The van der Waals surface area contributed by atoms with E-state index in [1.165, 1.54) is 4.31 Å². The molecule has 1 fully saturated rings. The van der Waals surface area contributed by atoms with Gasteiger partial charge in [-0.2, -0.15) is 9.40 Å². The Labute approximate surface area is 147 Å². The first kappa shape index (κ1) is 17.4. The fourth-order valence-electron chi connectivity index (χ4n) is 2.72. The standard InChI is InChI=1S/C16H20ClN3O3S/c1-3-19-10-13(9-18-19)15-11-20(6-7-23-15)24(21,22)16-5-4-12(2)8-14(16)17/h4-5,8-10,15H,3,6-7,11H2,1-2H3. The van der Waals surface area contributed by atoms with Crippen LogP contribution in [0.2, 0.25) is 5.02 Å². The van der Waals surface area contributed by atoms with Crippen LogP contribution in [0.5, 0.6) is 0 Å². The zero-order valence-corrected chi connectivity index (χ0v) is 15.2. The van der Waals surface area contributed by atoms with Crippen LogP contribution in [-0.2, 0) is 21.3 Å². The molecule has 0 N–H and O–H groups in total. The average molecular weight is 370 g/mol. The van der Waals surface area contributed by atoms with E-state index in [4.69, 9.17) is 16.3 Å². The van der Waals surface area contributed by atoms with Crippen LogP contribution in [0.1, 0.15) is 24.2 Å². The molecule has 1 saturated heterocycles. The van der Waals surface area contributed by atoms with E-state index in [0.717, 1.165) is 17.7 Å². The Morgan fingerprint density at radius 1 is 1.42 bits per heavy atom. The maximum Gasteiger partial charge on any atom is 0.244 e. The fraction of sp³-hybridized carbons (Fsp3) is 0.438. The van der Waals surface area contributed by atoms with Crippen LogP contribution in [-0.4, -0.2) is 42.2 Å². The van der Waals surface area contributed by atoms with Crippen molar-refractivity contribution in [2.45, 2.75) is 31.4 Å². The summed E-state index contributed by atoms with van der Waals surface area (Å²) >= 11 is 6.16. The summed E-state index contributed by atoms with van der Waals surface area (Å²) in [5, 5.41) is 4.47. The Morgan fingerprint density at radius 2 is 2.21 bits per heavy atom. The van der Waals surface area contributed by atoms with Crippen LogP contribution < -0.4 is 0 Å². The summed E-state index contributed by atoms with van der Waals surface area (Å²) in [6, 6.07) is 4.98. The van der Waals surface area contributed by atoms with Gasteiger partial charge in [-0.1, -0.05) is 17.7 Å². The van der Waals surface area contributed by atoms with E-state index in [-0.39, 0.29) is 22.6 Å². The Kier molecular flexibility index (Phi) is 4.96. The van der Waals surface area contributed by atoms with E-state index >= 15 is 0 Å². The number of aryl methyl sites for hydroxylation is 2. The summed E-state index contributed by atoms with van der Waals surface area (Å²) in [6.07, 6.45) is 3.29. The van der Waals surface area contributed by atoms with Gasteiger partial charge in [-0.15, -0.1) is 0 Å². The average Bonchev–Trinajstić information content (AvgIpc) is 3.04. The maximum absolute atomic E-state index is 12.9. The van der Waals surface area contributed by atoms with Crippen molar-refractivity contribution in [3.8, 4) is 0 Å². The molecule has 0 aliphatic carbocycles. The van der Waals surface area contributed by atoms with E-state index in [2.05, 4.69) is 5.10 Å². The van der Waals surface area contributed by atoms with E-state index in [1.807, 2.05) is 20.0 Å².